The fraction of sp³-hybridized carbons (Fsp3) is 0.917. The first kappa shape index (κ1) is 14.4. The number of hydrogen-bond donors (Lipinski definition) is 1. The van der Waals surface area contributed by atoms with Gasteiger partial charge in [0.2, 0.25) is 0 Å². The van der Waals surface area contributed by atoms with Gasteiger partial charge in [0.15, 0.2) is 0 Å². The van der Waals surface area contributed by atoms with Crippen LogP contribution < -0.4 is 0 Å². The zero-order chi connectivity index (χ0) is 13.0. The van der Waals surface area contributed by atoms with Crippen molar-refractivity contribution >= 4 is 5.97 Å². The van der Waals surface area contributed by atoms with Gasteiger partial charge in [0.05, 0.1) is 6.42 Å². The summed E-state index contributed by atoms with van der Waals surface area (Å²) in [6, 6.07) is 0.564. The van der Waals surface area contributed by atoms with E-state index in [1.165, 1.54) is 0 Å². The summed E-state index contributed by atoms with van der Waals surface area (Å²) in [7, 11) is 6.16. The van der Waals surface area contributed by atoms with Crippen LogP contribution in [0.3, 0.4) is 0 Å². The minimum absolute atomic E-state index is 0.137. The summed E-state index contributed by atoms with van der Waals surface area (Å²) in [5.41, 5.74) is 0. The van der Waals surface area contributed by atoms with E-state index in [1.54, 1.807) is 0 Å². The fourth-order valence-electron chi connectivity index (χ4n) is 2.30. The Kier molecular flexibility index (Phi) is 5.36. The molecule has 0 amide bonds. The molecule has 0 spiro atoms. The highest BCUT2D eigenvalue weighted by Crippen LogP contribution is 2.16. The predicted octanol–water partition coefficient (Wildman–Crippen LogP) is 0.0272. The van der Waals surface area contributed by atoms with Crippen LogP contribution in [-0.4, -0.2) is 85.2 Å². The maximum Gasteiger partial charge on any atom is 0.304 e. The lowest BCUT2D eigenvalue weighted by Crippen LogP contribution is -2.57. The maximum atomic E-state index is 10.8. The molecule has 1 aliphatic heterocycles. The van der Waals surface area contributed by atoms with Crippen molar-refractivity contribution in [3.05, 3.63) is 0 Å². The summed E-state index contributed by atoms with van der Waals surface area (Å²) in [5, 5.41) is 8.92. The lowest BCUT2D eigenvalue weighted by Gasteiger charge is -2.43. The highest BCUT2D eigenvalue weighted by atomic mass is 16.4. The van der Waals surface area contributed by atoms with Gasteiger partial charge in [-0.1, -0.05) is 0 Å². The van der Waals surface area contributed by atoms with Crippen molar-refractivity contribution in [2.75, 3.05) is 47.3 Å². The second-order valence-electron chi connectivity index (χ2n) is 5.33. The average Bonchev–Trinajstić information content (AvgIpc) is 2.21. The smallest absolute Gasteiger partial charge is 0.304 e. The van der Waals surface area contributed by atoms with E-state index >= 15 is 0 Å². The van der Waals surface area contributed by atoms with Crippen LogP contribution in [0.2, 0.25) is 0 Å². The lowest BCUT2D eigenvalue weighted by molar-refractivity contribution is -0.139. The van der Waals surface area contributed by atoms with Crippen molar-refractivity contribution in [1.29, 1.82) is 0 Å². The van der Waals surface area contributed by atoms with Crippen molar-refractivity contribution in [2.45, 2.75) is 25.4 Å². The summed E-state index contributed by atoms with van der Waals surface area (Å²) in [5.74, 6) is -0.705. The van der Waals surface area contributed by atoms with Gasteiger partial charge in [-0.2, -0.15) is 0 Å². The van der Waals surface area contributed by atoms with Crippen LogP contribution in [0.15, 0.2) is 0 Å². The Bertz CT molecular complexity index is 258. The maximum absolute atomic E-state index is 10.8. The van der Waals surface area contributed by atoms with Crippen LogP contribution in [-0.2, 0) is 4.79 Å². The molecule has 17 heavy (non-hydrogen) atoms. The summed E-state index contributed by atoms with van der Waals surface area (Å²) in [6.07, 6.45) is 0.235. The number of carboxylic acids is 1. The number of nitrogens with zero attached hydrogens (tertiary/aromatic N) is 3. The summed E-state index contributed by atoms with van der Waals surface area (Å²) < 4.78 is 0. The standard InChI is InChI=1S/C12H25N3O2/c1-10-8-15(6-5-13(2)3)9-11(14(10)4)7-12(16)17/h10-11H,5-9H2,1-4H3,(H,16,17). The molecule has 5 nitrogen and oxygen atoms in total. The first-order valence-electron chi connectivity index (χ1n) is 6.21. The van der Waals surface area contributed by atoms with Gasteiger partial charge >= 0.3 is 5.97 Å². The molecule has 0 aromatic heterocycles. The van der Waals surface area contributed by atoms with Crippen molar-refractivity contribution < 1.29 is 9.90 Å². The second kappa shape index (κ2) is 6.33. The number of piperazine rings is 1. The summed E-state index contributed by atoms with van der Waals surface area (Å²) >= 11 is 0. The molecule has 0 aromatic rings. The average molecular weight is 243 g/mol. The van der Waals surface area contributed by atoms with E-state index in [4.69, 9.17) is 5.11 Å². The molecule has 1 fully saturated rings. The van der Waals surface area contributed by atoms with Crippen LogP contribution in [0.25, 0.3) is 0 Å². The highest BCUT2D eigenvalue weighted by Gasteiger charge is 2.30. The molecule has 1 aliphatic rings. The lowest BCUT2D eigenvalue weighted by atomic mass is 10.1. The molecular weight excluding hydrogens is 218 g/mol. The molecule has 5 heteroatoms. The van der Waals surface area contributed by atoms with Crippen LogP contribution in [0.4, 0.5) is 0 Å². The van der Waals surface area contributed by atoms with Gasteiger partial charge in [-0.3, -0.25) is 14.6 Å². The van der Waals surface area contributed by atoms with Crippen LogP contribution in [0.5, 0.6) is 0 Å². The first-order chi connectivity index (χ1) is 7.90. The third kappa shape index (κ3) is 4.61. The molecule has 0 aromatic carbocycles. The van der Waals surface area contributed by atoms with Gasteiger partial charge in [0.25, 0.3) is 0 Å². The molecule has 0 radical (unpaired) electrons. The number of carbonyl (C=O) groups is 1. The molecular formula is C12H25N3O2. The normalized spacial score (nSPS) is 27.6. The Morgan fingerprint density at radius 3 is 2.59 bits per heavy atom. The Hall–Kier alpha value is -0.650. The molecule has 1 N–H and O–H groups in total. The largest absolute Gasteiger partial charge is 0.481 e. The van der Waals surface area contributed by atoms with Gasteiger partial charge in [0.1, 0.15) is 0 Å². The highest BCUT2D eigenvalue weighted by molar-refractivity contribution is 5.67. The molecule has 1 rings (SSSR count). The topological polar surface area (TPSA) is 47.0 Å². The van der Waals surface area contributed by atoms with Gasteiger partial charge < -0.3 is 10.0 Å². The van der Waals surface area contributed by atoms with Gasteiger partial charge in [-0.05, 0) is 28.1 Å². The Balaban J connectivity index is 2.50. The van der Waals surface area contributed by atoms with Crippen molar-refractivity contribution in [1.82, 2.24) is 14.7 Å². The van der Waals surface area contributed by atoms with E-state index in [0.29, 0.717) is 6.04 Å². The van der Waals surface area contributed by atoms with E-state index in [1.807, 2.05) is 7.05 Å². The first-order valence-corrected chi connectivity index (χ1v) is 6.21. The number of hydrogen-bond acceptors (Lipinski definition) is 4. The minimum atomic E-state index is -0.705. The third-order valence-corrected chi connectivity index (χ3v) is 3.54. The van der Waals surface area contributed by atoms with Gasteiger partial charge in [0, 0.05) is 38.3 Å². The number of rotatable bonds is 5. The zero-order valence-corrected chi connectivity index (χ0v) is 11.4. The van der Waals surface area contributed by atoms with E-state index < -0.39 is 5.97 Å². The minimum Gasteiger partial charge on any atom is -0.481 e. The SMILES string of the molecule is CC1CN(CCN(C)C)CC(CC(=O)O)N1C. The Morgan fingerprint density at radius 1 is 1.41 bits per heavy atom. The molecule has 2 unspecified atom stereocenters. The Morgan fingerprint density at radius 2 is 2.06 bits per heavy atom. The zero-order valence-electron chi connectivity index (χ0n) is 11.4. The summed E-state index contributed by atoms with van der Waals surface area (Å²) in [6.45, 7) is 6.09. The Labute approximate surface area is 104 Å². The van der Waals surface area contributed by atoms with Gasteiger partial charge in [-0.25, -0.2) is 0 Å². The van der Waals surface area contributed by atoms with Crippen molar-refractivity contribution in [3.8, 4) is 0 Å². The van der Waals surface area contributed by atoms with Gasteiger partial charge in [-0.15, -0.1) is 0 Å². The molecule has 1 saturated heterocycles. The molecule has 100 valence electrons. The van der Waals surface area contributed by atoms with Crippen LogP contribution >= 0.6 is 0 Å². The molecule has 0 aliphatic carbocycles. The van der Waals surface area contributed by atoms with E-state index in [-0.39, 0.29) is 12.5 Å². The van der Waals surface area contributed by atoms with E-state index in [0.717, 1.165) is 26.2 Å². The fourth-order valence-corrected chi connectivity index (χ4v) is 2.30. The van der Waals surface area contributed by atoms with Crippen molar-refractivity contribution in [3.63, 3.8) is 0 Å². The second-order valence-corrected chi connectivity index (χ2v) is 5.33. The molecule has 0 bridgehead atoms. The number of likely N-dealkylation sites (N-methyl/N-ethyl adjacent to an activating group) is 2. The van der Waals surface area contributed by atoms with Crippen LogP contribution in [0.1, 0.15) is 13.3 Å². The third-order valence-electron chi connectivity index (χ3n) is 3.54. The van der Waals surface area contributed by atoms with Crippen LogP contribution in [0, 0.1) is 0 Å². The predicted molar refractivity (Wildman–Crippen MR) is 68.3 cm³/mol. The number of carboxylic acid groups (broad SMARTS) is 1. The molecule has 2 atom stereocenters. The quantitative estimate of drug-likeness (QED) is 0.738. The summed E-state index contributed by atoms with van der Waals surface area (Å²) in [4.78, 5) is 17.6. The van der Waals surface area contributed by atoms with E-state index in [9.17, 15) is 4.79 Å². The molecule has 0 saturated carbocycles. The van der Waals surface area contributed by atoms with Crippen molar-refractivity contribution in [2.24, 2.45) is 0 Å². The van der Waals surface area contributed by atoms with E-state index in [2.05, 4.69) is 35.7 Å². The number of aliphatic carboxylic acids is 1. The monoisotopic (exact) mass is 243 g/mol. The molecule has 1 heterocycles.